The maximum atomic E-state index is 5.91. The van der Waals surface area contributed by atoms with E-state index < -0.39 is 35.2 Å². The standard InChI is InChI=1S/C20H31NO3Si.C20H30O3SSi.C11H9Br.C9H23NO3Si.C9H22O3SSi/c1-4-22-25(23-5-2,24-6-3)15-9-14-21-17-18-12-13-19-10-7-8-11-20(19)16-18;1-4-21-25(22-5-2,23-6-3)15-9-14-24-17-18-12-13-19-10-7-8-11-20(19)16-18;12-8-9-5-6-10-3-1-2-4-11(10)7-9;1-4-11-14(12-5-2,13-6-3)9-7-8-10;1-4-10-14(11-5-2,12-6-3)9-7-8-13/h7-8,10-13,16,21H,4-6,9,14-15,17H2,1-3H3;7-8,10-13,16H,4-6,9,14-15,17H2,1-3H3;1-7H,8H2;4-10H2,1-3H3;13H,4-9H2,1-3H3. The minimum atomic E-state index is -2.50. The van der Waals surface area contributed by atoms with E-state index in [1.807, 2.05) is 94.8 Å². The lowest BCUT2D eigenvalue weighted by Gasteiger charge is -2.28. The molecule has 0 spiro atoms. The van der Waals surface area contributed by atoms with Gasteiger partial charge in [-0.25, -0.2) is 0 Å². The number of halogens is 1. The summed E-state index contributed by atoms with van der Waals surface area (Å²) in [6.07, 6.45) is 3.92. The molecule has 0 aliphatic rings. The highest BCUT2D eigenvalue weighted by Gasteiger charge is 2.42. The normalized spacial score (nSPS) is 11.8. The molecule has 0 saturated heterocycles. The molecule has 6 rings (SSSR count). The van der Waals surface area contributed by atoms with Crippen LogP contribution in [-0.4, -0.2) is 139 Å². The van der Waals surface area contributed by atoms with Gasteiger partial charge in [0.1, 0.15) is 0 Å². The van der Waals surface area contributed by atoms with Gasteiger partial charge < -0.3 is 64.2 Å². The summed E-state index contributed by atoms with van der Waals surface area (Å²) in [5, 5.41) is 12.3. The number of hydrogen-bond acceptors (Lipinski definition) is 16. The highest BCUT2D eigenvalue weighted by atomic mass is 79.9. The highest BCUT2D eigenvalue weighted by molar-refractivity contribution is 9.08. The molecule has 6 aromatic carbocycles. The maximum absolute atomic E-state index is 5.91. The molecule has 0 fully saturated rings. The summed E-state index contributed by atoms with van der Waals surface area (Å²) in [4.78, 5) is 0. The third-order valence-electron chi connectivity index (χ3n) is 13.5. The molecule has 0 saturated carbocycles. The molecule has 0 heterocycles. The van der Waals surface area contributed by atoms with Gasteiger partial charge in [0.15, 0.2) is 0 Å². The van der Waals surface area contributed by atoms with Crippen molar-refractivity contribution in [1.82, 2.24) is 5.32 Å². The Morgan fingerprint density at radius 2 is 0.678 bits per heavy atom. The van der Waals surface area contributed by atoms with Gasteiger partial charge in [-0.2, -0.15) is 24.4 Å². The first-order valence-electron chi connectivity index (χ1n) is 33.1. The summed E-state index contributed by atoms with van der Waals surface area (Å²) in [5.74, 6) is 2.98. The van der Waals surface area contributed by atoms with Gasteiger partial charge in [-0.1, -0.05) is 137 Å². The molecule has 6 aromatic rings. The molecule has 21 heteroatoms. The zero-order valence-corrected chi connectivity index (χ0v) is 64.2. The van der Waals surface area contributed by atoms with Crippen LogP contribution in [0.4, 0.5) is 0 Å². The molecule has 3 N–H and O–H groups in total. The van der Waals surface area contributed by atoms with Gasteiger partial charge in [-0.15, -0.1) is 0 Å². The Bertz CT molecular complexity index is 2500. The van der Waals surface area contributed by atoms with Crippen molar-refractivity contribution >= 4 is 108 Å². The summed E-state index contributed by atoms with van der Waals surface area (Å²) in [5.41, 5.74) is 9.50. The Balaban J connectivity index is 0.000000397. The van der Waals surface area contributed by atoms with Crippen LogP contribution < -0.4 is 11.1 Å². The second-order valence-electron chi connectivity index (χ2n) is 20.3. The van der Waals surface area contributed by atoms with Crippen LogP contribution in [0.25, 0.3) is 32.3 Å². The number of fused-ring (bicyclic) bond motifs is 3. The molecule has 0 bridgehead atoms. The third kappa shape index (κ3) is 33.3. The molecule has 0 aliphatic heterocycles. The number of rotatable bonds is 43. The lowest BCUT2D eigenvalue weighted by Crippen LogP contribution is -2.46. The SMILES string of the molecule is BrCc1ccc2ccccc2c1.CCO[Si](CCCN)(OCC)OCC.CCO[Si](CCCNCc1ccc2ccccc2c1)(OCC)OCC.CCO[Si](CCCS)(OCC)OCC.CCO[Si](CCCSCc1ccc2ccccc2c1)(OCC)OCC. The van der Waals surface area contributed by atoms with E-state index in [-0.39, 0.29) is 0 Å². The number of alkyl halides is 1. The summed E-state index contributed by atoms with van der Waals surface area (Å²) < 4.78 is 69.4. The Labute approximate surface area is 566 Å². The van der Waals surface area contributed by atoms with Gasteiger partial charge >= 0.3 is 35.2 Å². The highest BCUT2D eigenvalue weighted by Crippen LogP contribution is 2.25. The Morgan fingerprint density at radius 3 is 1.02 bits per heavy atom. The fourth-order valence-corrected chi connectivity index (χ4v) is 22.3. The smallest absolute Gasteiger partial charge is 0.374 e. The van der Waals surface area contributed by atoms with Crippen LogP contribution in [0.3, 0.4) is 0 Å². The average molecular weight is 1420 g/mol. The van der Waals surface area contributed by atoms with Crippen LogP contribution in [0, 0.1) is 0 Å². The summed E-state index contributed by atoms with van der Waals surface area (Å²) in [6, 6.07) is 48.7. The summed E-state index contributed by atoms with van der Waals surface area (Å²) >= 11 is 9.60. The molecule has 0 amide bonds. The van der Waals surface area contributed by atoms with Gasteiger partial charge in [-0.05, 0) is 188 Å². The molecular weight excluding hydrogens is 1310 g/mol. The first-order valence-corrected chi connectivity index (χ1v) is 43.7. The maximum Gasteiger partial charge on any atom is 0.500 e. The van der Waals surface area contributed by atoms with Crippen molar-refractivity contribution in [3.8, 4) is 0 Å². The molecule has 0 radical (unpaired) electrons. The zero-order valence-electron chi connectivity index (χ0n) is 56.9. The van der Waals surface area contributed by atoms with E-state index in [1.54, 1.807) is 0 Å². The van der Waals surface area contributed by atoms with Crippen LogP contribution in [0.15, 0.2) is 127 Å². The van der Waals surface area contributed by atoms with Crippen molar-refractivity contribution < 1.29 is 53.1 Å². The Hall–Kier alpha value is -2.41. The van der Waals surface area contributed by atoms with E-state index in [0.717, 1.165) is 85.5 Å². The molecule has 0 aromatic heterocycles. The van der Waals surface area contributed by atoms with Crippen LogP contribution in [0.2, 0.25) is 24.2 Å². The second kappa shape index (κ2) is 51.9. The average Bonchev–Trinajstić information content (AvgIpc) is 3.44. The minimum Gasteiger partial charge on any atom is -0.374 e. The number of nitrogens with two attached hydrogens (primary N) is 1. The number of benzene rings is 6. The molecule has 508 valence electrons. The lowest BCUT2D eigenvalue weighted by molar-refractivity contribution is 0.0701. The van der Waals surface area contributed by atoms with Crippen molar-refractivity contribution in [3.05, 3.63) is 144 Å². The van der Waals surface area contributed by atoms with E-state index in [4.69, 9.17) is 58.8 Å². The van der Waals surface area contributed by atoms with E-state index >= 15 is 0 Å². The van der Waals surface area contributed by atoms with E-state index in [9.17, 15) is 0 Å². The second-order valence-corrected chi connectivity index (χ2v) is 33.3. The molecule has 0 unspecified atom stereocenters. The zero-order chi connectivity index (χ0) is 66.0. The van der Waals surface area contributed by atoms with Gasteiger partial charge in [0.2, 0.25) is 0 Å². The summed E-state index contributed by atoms with van der Waals surface area (Å²) in [7, 11) is -9.74. The minimum absolute atomic E-state index is 0.636. The molecule has 14 nitrogen and oxygen atoms in total. The number of hydrogen-bond donors (Lipinski definition) is 3. The van der Waals surface area contributed by atoms with Crippen molar-refractivity contribution in [2.24, 2.45) is 5.73 Å². The van der Waals surface area contributed by atoms with Crippen molar-refractivity contribution in [2.75, 3.05) is 104 Å². The predicted molar refractivity (Wildman–Crippen MR) is 395 cm³/mol. The third-order valence-corrected chi connectivity index (χ3v) is 28.2. The van der Waals surface area contributed by atoms with Crippen LogP contribution in [0.5, 0.6) is 0 Å². The van der Waals surface area contributed by atoms with E-state index in [2.05, 4.69) is 161 Å². The van der Waals surface area contributed by atoms with E-state index in [0.29, 0.717) is 85.8 Å². The molecular formula is C69H115BrN2O12S2Si4. The fourth-order valence-electron chi connectivity index (χ4n) is 9.86. The van der Waals surface area contributed by atoms with Gasteiger partial charge in [-0.3, -0.25) is 0 Å². The monoisotopic (exact) mass is 1420 g/mol. The Kier molecular flexibility index (Phi) is 48.2. The van der Waals surface area contributed by atoms with Crippen molar-refractivity contribution in [1.29, 1.82) is 0 Å². The number of nitrogens with one attached hydrogen (secondary N) is 1. The molecule has 90 heavy (non-hydrogen) atoms. The molecule has 0 atom stereocenters. The largest absolute Gasteiger partial charge is 0.500 e. The summed E-state index contributed by atoms with van der Waals surface area (Å²) in [6.45, 7) is 34.0. The lowest BCUT2D eigenvalue weighted by atomic mass is 10.1. The number of thioether (sulfide) groups is 1. The van der Waals surface area contributed by atoms with E-state index in [1.165, 1.54) is 49.0 Å². The Morgan fingerprint density at radius 1 is 0.378 bits per heavy atom. The van der Waals surface area contributed by atoms with Crippen LogP contribution >= 0.6 is 40.3 Å². The van der Waals surface area contributed by atoms with Gasteiger partial charge in [0, 0.05) is 121 Å². The first-order chi connectivity index (χ1) is 43.8. The predicted octanol–water partition coefficient (Wildman–Crippen LogP) is 17.4. The first kappa shape index (κ1) is 83.7. The van der Waals surface area contributed by atoms with Crippen molar-refractivity contribution in [2.45, 2.75) is 151 Å². The van der Waals surface area contributed by atoms with Crippen LogP contribution in [0.1, 0.15) is 125 Å². The van der Waals surface area contributed by atoms with Crippen molar-refractivity contribution in [3.63, 3.8) is 0 Å². The van der Waals surface area contributed by atoms with Gasteiger partial charge in [0.05, 0.1) is 0 Å². The topological polar surface area (TPSA) is 149 Å². The fraction of sp³-hybridized carbons (Fsp3) is 0.565. The number of thiol groups is 1. The van der Waals surface area contributed by atoms with Gasteiger partial charge in [0.25, 0.3) is 0 Å². The van der Waals surface area contributed by atoms with Crippen LogP contribution in [-0.2, 0) is 70.7 Å². The quantitative estimate of drug-likeness (QED) is 0.0144. The molecule has 0 aliphatic carbocycles.